The van der Waals surface area contributed by atoms with Crippen molar-refractivity contribution in [2.24, 2.45) is 4.40 Å². The summed E-state index contributed by atoms with van der Waals surface area (Å²) in [5.74, 6) is -0.224. The average molecular weight is 269 g/mol. The zero-order valence-corrected chi connectivity index (χ0v) is 12.2. The Morgan fingerprint density at radius 2 is 1.83 bits per heavy atom. The van der Waals surface area contributed by atoms with Gasteiger partial charge >= 0.3 is 0 Å². The maximum atomic E-state index is 12.7. The van der Waals surface area contributed by atoms with Crippen molar-refractivity contribution >= 4 is 17.1 Å². The summed E-state index contributed by atoms with van der Waals surface area (Å²) in [6.07, 6.45) is 1.53. The van der Waals surface area contributed by atoms with Crippen LogP contribution in [0.4, 0.5) is 4.39 Å². The minimum Gasteiger partial charge on any atom is -0.591 e. The van der Waals surface area contributed by atoms with Crippen LogP contribution < -0.4 is 0 Å². The predicted octanol–water partition coefficient (Wildman–Crippen LogP) is 3.68. The van der Waals surface area contributed by atoms with Gasteiger partial charge in [0.25, 0.3) is 0 Å². The molecule has 0 fully saturated rings. The van der Waals surface area contributed by atoms with Gasteiger partial charge in [-0.3, -0.25) is 0 Å². The van der Waals surface area contributed by atoms with Crippen LogP contribution in [-0.4, -0.2) is 15.0 Å². The normalized spacial score (nSPS) is 14.7. The molecule has 1 unspecified atom stereocenters. The van der Waals surface area contributed by atoms with Crippen LogP contribution in [0, 0.1) is 5.82 Å². The first kappa shape index (κ1) is 15.2. The smallest absolute Gasteiger partial charge is 0.144 e. The molecule has 4 heteroatoms. The van der Waals surface area contributed by atoms with Crippen molar-refractivity contribution < 1.29 is 8.94 Å². The predicted molar refractivity (Wildman–Crippen MR) is 75.7 cm³/mol. The SMILES string of the molecule is C/C(CCc1ccc(F)cc1)=N/[S+]([O-])C(C)(C)C. The Morgan fingerprint density at radius 1 is 1.28 bits per heavy atom. The standard InChI is InChI=1S/C14H20FNOS/c1-11(16-18(17)14(2,3)4)5-6-12-7-9-13(15)10-8-12/h7-10H,5-6H2,1-4H3/b16-11-. The molecule has 1 atom stereocenters. The first-order valence-electron chi connectivity index (χ1n) is 5.99. The second-order valence-corrected chi connectivity index (χ2v) is 7.22. The monoisotopic (exact) mass is 269 g/mol. The first-order chi connectivity index (χ1) is 8.29. The fourth-order valence-corrected chi connectivity index (χ4v) is 1.95. The number of hydrogen-bond acceptors (Lipinski definition) is 2. The highest BCUT2D eigenvalue weighted by Crippen LogP contribution is 2.17. The van der Waals surface area contributed by atoms with Gasteiger partial charge in [-0.2, -0.15) is 0 Å². The summed E-state index contributed by atoms with van der Waals surface area (Å²) in [5, 5.41) is 0. The highest BCUT2D eigenvalue weighted by Gasteiger charge is 2.26. The second kappa shape index (κ2) is 6.34. The van der Waals surface area contributed by atoms with Crippen LogP contribution in [-0.2, 0) is 17.8 Å². The number of nitrogens with zero attached hydrogens (tertiary/aromatic N) is 1. The van der Waals surface area contributed by atoms with E-state index >= 15 is 0 Å². The van der Waals surface area contributed by atoms with Crippen LogP contribution in [0.5, 0.6) is 0 Å². The summed E-state index contributed by atoms with van der Waals surface area (Å²) in [5.41, 5.74) is 1.93. The molecule has 18 heavy (non-hydrogen) atoms. The number of aryl methyl sites for hydroxylation is 1. The van der Waals surface area contributed by atoms with Crippen molar-refractivity contribution in [1.82, 2.24) is 0 Å². The highest BCUT2D eigenvalue weighted by atomic mass is 32.2. The number of benzene rings is 1. The van der Waals surface area contributed by atoms with Gasteiger partial charge in [-0.05, 0) is 58.2 Å². The molecule has 0 saturated heterocycles. The van der Waals surface area contributed by atoms with Crippen LogP contribution in [0.2, 0.25) is 0 Å². The highest BCUT2D eigenvalue weighted by molar-refractivity contribution is 7.91. The molecule has 0 bridgehead atoms. The summed E-state index contributed by atoms with van der Waals surface area (Å²) in [7, 11) is 0. The van der Waals surface area contributed by atoms with Crippen LogP contribution in [0.3, 0.4) is 0 Å². The Hall–Kier alpha value is -0.870. The summed E-state index contributed by atoms with van der Waals surface area (Å²) < 4.78 is 28.4. The molecule has 1 aromatic rings. The van der Waals surface area contributed by atoms with Gasteiger partial charge in [-0.1, -0.05) is 16.5 Å². The molecule has 0 aliphatic carbocycles. The molecule has 1 aromatic carbocycles. The topological polar surface area (TPSA) is 35.4 Å². The van der Waals surface area contributed by atoms with Gasteiger partial charge < -0.3 is 4.55 Å². The van der Waals surface area contributed by atoms with Crippen LogP contribution in [0.15, 0.2) is 28.7 Å². The minimum absolute atomic E-state index is 0.224. The van der Waals surface area contributed by atoms with Crippen molar-refractivity contribution in [3.63, 3.8) is 0 Å². The van der Waals surface area contributed by atoms with E-state index in [4.69, 9.17) is 0 Å². The molecular formula is C14H20FNOS. The van der Waals surface area contributed by atoms with Crippen molar-refractivity contribution in [2.45, 2.75) is 45.3 Å². The van der Waals surface area contributed by atoms with Gasteiger partial charge in [-0.15, -0.1) is 0 Å². The van der Waals surface area contributed by atoms with Crippen molar-refractivity contribution in [2.75, 3.05) is 0 Å². The van der Waals surface area contributed by atoms with Gasteiger partial charge in [0.1, 0.15) is 21.9 Å². The van der Waals surface area contributed by atoms with E-state index in [-0.39, 0.29) is 10.6 Å². The third-order valence-electron chi connectivity index (χ3n) is 2.45. The quantitative estimate of drug-likeness (QED) is 0.606. The van der Waals surface area contributed by atoms with Gasteiger partial charge in [0, 0.05) is 0 Å². The van der Waals surface area contributed by atoms with E-state index in [1.807, 2.05) is 27.7 Å². The van der Waals surface area contributed by atoms with Gasteiger partial charge in [-0.25, -0.2) is 4.39 Å². The van der Waals surface area contributed by atoms with Crippen molar-refractivity contribution in [3.8, 4) is 0 Å². The zero-order chi connectivity index (χ0) is 13.8. The van der Waals surface area contributed by atoms with E-state index < -0.39 is 11.4 Å². The van der Waals surface area contributed by atoms with Crippen molar-refractivity contribution in [3.05, 3.63) is 35.6 Å². The maximum absolute atomic E-state index is 12.7. The van der Waals surface area contributed by atoms with E-state index in [0.29, 0.717) is 0 Å². The lowest BCUT2D eigenvalue weighted by molar-refractivity contribution is 0.561. The van der Waals surface area contributed by atoms with Crippen LogP contribution >= 0.6 is 0 Å². The fraction of sp³-hybridized carbons (Fsp3) is 0.500. The summed E-state index contributed by atoms with van der Waals surface area (Å²) in [4.78, 5) is 0. The van der Waals surface area contributed by atoms with Gasteiger partial charge in [0.2, 0.25) is 0 Å². The minimum atomic E-state index is -1.20. The molecular weight excluding hydrogens is 249 g/mol. The summed E-state index contributed by atoms with van der Waals surface area (Å²) in [6.45, 7) is 7.59. The third kappa shape index (κ3) is 5.19. The Kier molecular flexibility index (Phi) is 5.35. The summed E-state index contributed by atoms with van der Waals surface area (Å²) >= 11 is -1.20. The Labute approximate surface area is 112 Å². The lowest BCUT2D eigenvalue weighted by Gasteiger charge is -2.18. The fourth-order valence-electron chi connectivity index (χ4n) is 1.30. The van der Waals surface area contributed by atoms with Crippen molar-refractivity contribution in [1.29, 1.82) is 0 Å². The molecule has 100 valence electrons. The van der Waals surface area contributed by atoms with E-state index in [1.54, 1.807) is 12.1 Å². The maximum Gasteiger partial charge on any atom is 0.144 e. The molecule has 0 aliphatic heterocycles. The number of halogens is 1. The Balaban J connectivity index is 2.53. The zero-order valence-electron chi connectivity index (χ0n) is 11.4. The summed E-state index contributed by atoms with van der Waals surface area (Å²) in [6, 6.07) is 6.44. The number of hydrogen-bond donors (Lipinski definition) is 0. The van der Waals surface area contributed by atoms with E-state index in [1.165, 1.54) is 12.1 Å². The lowest BCUT2D eigenvalue weighted by atomic mass is 10.1. The molecule has 0 heterocycles. The molecule has 0 radical (unpaired) electrons. The van der Waals surface area contributed by atoms with E-state index in [9.17, 15) is 8.94 Å². The Morgan fingerprint density at radius 3 is 2.33 bits per heavy atom. The largest absolute Gasteiger partial charge is 0.591 e. The van der Waals surface area contributed by atoms with E-state index in [0.717, 1.165) is 24.1 Å². The Bertz CT molecular complexity index is 409. The van der Waals surface area contributed by atoms with E-state index in [2.05, 4.69) is 4.40 Å². The van der Waals surface area contributed by atoms with Crippen LogP contribution in [0.1, 0.15) is 39.7 Å². The molecule has 0 N–H and O–H groups in total. The molecule has 0 aromatic heterocycles. The molecule has 0 aliphatic rings. The molecule has 1 rings (SSSR count). The van der Waals surface area contributed by atoms with Gasteiger partial charge in [0.15, 0.2) is 0 Å². The molecule has 2 nitrogen and oxygen atoms in total. The second-order valence-electron chi connectivity index (χ2n) is 5.31. The van der Waals surface area contributed by atoms with Crippen LogP contribution in [0.25, 0.3) is 0 Å². The third-order valence-corrected chi connectivity index (χ3v) is 3.98. The average Bonchev–Trinajstić information content (AvgIpc) is 2.27. The molecule has 0 spiro atoms. The first-order valence-corrected chi connectivity index (χ1v) is 7.10. The number of rotatable bonds is 4. The molecule has 0 amide bonds. The van der Waals surface area contributed by atoms with Gasteiger partial charge in [0.05, 0.1) is 5.71 Å². The lowest BCUT2D eigenvalue weighted by Crippen LogP contribution is -2.26. The molecule has 0 saturated carbocycles.